The Morgan fingerprint density at radius 1 is 1.09 bits per heavy atom. The summed E-state index contributed by atoms with van der Waals surface area (Å²) >= 11 is 0. The van der Waals surface area contributed by atoms with Crippen LogP contribution in [0.4, 0.5) is 0 Å². The molecule has 2 N–H and O–H groups in total. The number of rotatable bonds is 10. The summed E-state index contributed by atoms with van der Waals surface area (Å²) in [7, 11) is 3.39. The monoisotopic (exact) mass is 437 g/mol. The lowest BCUT2D eigenvalue weighted by Crippen LogP contribution is -2.42. The van der Waals surface area contributed by atoms with Crippen molar-refractivity contribution in [3.05, 3.63) is 59.9 Å². The molecule has 0 saturated carbocycles. The SMILES string of the molecule is CCc1noc(-c2ccc(CCNC(=NC)NCC(C)Oc3ccccc3OC)cc2)n1. The first kappa shape index (κ1) is 23.1. The number of methoxy groups -OCH3 is 1. The van der Waals surface area contributed by atoms with E-state index in [0.29, 0.717) is 12.4 Å². The van der Waals surface area contributed by atoms with Crippen LogP contribution in [-0.4, -0.2) is 49.5 Å². The van der Waals surface area contributed by atoms with E-state index in [9.17, 15) is 0 Å². The summed E-state index contributed by atoms with van der Waals surface area (Å²) in [6.45, 7) is 5.36. The van der Waals surface area contributed by atoms with E-state index >= 15 is 0 Å². The first-order valence-electron chi connectivity index (χ1n) is 10.8. The molecule has 8 heteroatoms. The summed E-state index contributed by atoms with van der Waals surface area (Å²) in [5.41, 5.74) is 2.13. The van der Waals surface area contributed by atoms with Crippen LogP contribution in [-0.2, 0) is 12.8 Å². The molecular weight excluding hydrogens is 406 g/mol. The molecule has 3 rings (SSSR count). The fraction of sp³-hybridized carbons (Fsp3) is 0.375. The van der Waals surface area contributed by atoms with E-state index < -0.39 is 0 Å². The third-order valence-corrected chi connectivity index (χ3v) is 4.87. The maximum Gasteiger partial charge on any atom is 0.257 e. The lowest BCUT2D eigenvalue weighted by Gasteiger charge is -2.19. The molecular formula is C24H31N5O3. The Bertz CT molecular complexity index is 1000. The van der Waals surface area contributed by atoms with E-state index in [1.165, 1.54) is 5.56 Å². The van der Waals surface area contributed by atoms with Crippen molar-refractivity contribution >= 4 is 5.96 Å². The third-order valence-electron chi connectivity index (χ3n) is 4.87. The molecule has 8 nitrogen and oxygen atoms in total. The molecule has 2 aromatic carbocycles. The van der Waals surface area contributed by atoms with Crippen LogP contribution in [0.3, 0.4) is 0 Å². The lowest BCUT2D eigenvalue weighted by molar-refractivity contribution is 0.213. The van der Waals surface area contributed by atoms with Gasteiger partial charge in [-0.2, -0.15) is 4.98 Å². The van der Waals surface area contributed by atoms with Crippen molar-refractivity contribution in [2.24, 2.45) is 4.99 Å². The zero-order valence-corrected chi connectivity index (χ0v) is 19.1. The number of ether oxygens (including phenoxy) is 2. The second-order valence-corrected chi connectivity index (χ2v) is 7.28. The van der Waals surface area contributed by atoms with Gasteiger partial charge in [-0.3, -0.25) is 4.99 Å². The molecule has 1 aromatic heterocycles. The molecule has 0 aliphatic carbocycles. The van der Waals surface area contributed by atoms with Crippen molar-refractivity contribution in [2.45, 2.75) is 32.8 Å². The fourth-order valence-electron chi connectivity index (χ4n) is 3.09. The van der Waals surface area contributed by atoms with Gasteiger partial charge in [-0.05, 0) is 43.2 Å². The van der Waals surface area contributed by atoms with Crippen molar-refractivity contribution in [2.75, 3.05) is 27.2 Å². The zero-order chi connectivity index (χ0) is 22.8. The molecule has 0 saturated heterocycles. The number of hydrogen-bond acceptors (Lipinski definition) is 6. The van der Waals surface area contributed by atoms with Crippen molar-refractivity contribution in [3.63, 3.8) is 0 Å². The predicted molar refractivity (Wildman–Crippen MR) is 125 cm³/mol. The van der Waals surface area contributed by atoms with Crippen LogP contribution < -0.4 is 20.1 Å². The van der Waals surface area contributed by atoms with Crippen molar-refractivity contribution in [1.29, 1.82) is 0 Å². The molecule has 0 spiro atoms. The van der Waals surface area contributed by atoms with Crippen molar-refractivity contribution < 1.29 is 14.0 Å². The molecule has 3 aromatic rings. The van der Waals surface area contributed by atoms with E-state index in [1.807, 2.05) is 50.2 Å². The summed E-state index contributed by atoms with van der Waals surface area (Å²) in [4.78, 5) is 8.65. The topological polar surface area (TPSA) is 93.8 Å². The highest BCUT2D eigenvalue weighted by atomic mass is 16.5. The Morgan fingerprint density at radius 3 is 2.50 bits per heavy atom. The van der Waals surface area contributed by atoms with E-state index in [0.717, 1.165) is 48.2 Å². The molecule has 32 heavy (non-hydrogen) atoms. The van der Waals surface area contributed by atoms with Crippen LogP contribution in [0, 0.1) is 0 Å². The highest BCUT2D eigenvalue weighted by Gasteiger charge is 2.10. The summed E-state index contributed by atoms with van der Waals surface area (Å²) in [5.74, 6) is 3.45. The minimum atomic E-state index is -0.0599. The lowest BCUT2D eigenvalue weighted by atomic mass is 10.1. The van der Waals surface area contributed by atoms with Gasteiger partial charge in [0.05, 0.1) is 13.7 Å². The quantitative estimate of drug-likeness (QED) is 0.370. The van der Waals surface area contributed by atoms with E-state index in [1.54, 1.807) is 14.2 Å². The molecule has 0 radical (unpaired) electrons. The number of guanidine groups is 1. The maximum atomic E-state index is 5.97. The Kier molecular flexibility index (Phi) is 8.48. The largest absolute Gasteiger partial charge is 0.493 e. The van der Waals surface area contributed by atoms with Gasteiger partial charge in [0, 0.05) is 25.6 Å². The van der Waals surface area contributed by atoms with Crippen molar-refractivity contribution in [1.82, 2.24) is 20.8 Å². The van der Waals surface area contributed by atoms with Gasteiger partial charge < -0.3 is 24.6 Å². The molecule has 0 bridgehead atoms. The minimum Gasteiger partial charge on any atom is -0.493 e. The number of hydrogen-bond donors (Lipinski definition) is 2. The van der Waals surface area contributed by atoms with Gasteiger partial charge in [0.25, 0.3) is 5.89 Å². The van der Waals surface area contributed by atoms with Crippen LogP contribution in [0.2, 0.25) is 0 Å². The molecule has 1 unspecified atom stereocenters. The number of aromatic nitrogens is 2. The van der Waals surface area contributed by atoms with Gasteiger partial charge in [-0.1, -0.05) is 36.3 Å². The second-order valence-electron chi connectivity index (χ2n) is 7.28. The number of para-hydroxylation sites is 2. The Labute approximate surface area is 189 Å². The summed E-state index contributed by atoms with van der Waals surface area (Å²) in [6.07, 6.45) is 1.56. The van der Waals surface area contributed by atoms with Crippen LogP contribution in [0.5, 0.6) is 11.5 Å². The third kappa shape index (κ3) is 6.47. The van der Waals surface area contributed by atoms with Gasteiger partial charge in [-0.15, -0.1) is 0 Å². The van der Waals surface area contributed by atoms with Crippen molar-refractivity contribution in [3.8, 4) is 23.0 Å². The van der Waals surface area contributed by atoms with E-state index in [-0.39, 0.29) is 6.10 Å². The van der Waals surface area contributed by atoms with Gasteiger partial charge in [0.2, 0.25) is 0 Å². The Hall–Kier alpha value is -3.55. The van der Waals surface area contributed by atoms with Gasteiger partial charge in [-0.25, -0.2) is 0 Å². The maximum absolute atomic E-state index is 5.97. The fourth-order valence-corrected chi connectivity index (χ4v) is 3.09. The van der Waals surface area contributed by atoms with Gasteiger partial charge >= 0.3 is 0 Å². The number of aliphatic imine (C=N–C) groups is 1. The van der Waals surface area contributed by atoms with Crippen LogP contribution in [0.25, 0.3) is 11.5 Å². The predicted octanol–water partition coefficient (Wildman–Crippen LogP) is 3.48. The summed E-state index contributed by atoms with van der Waals surface area (Å²) in [6, 6.07) is 15.8. The number of nitrogens with one attached hydrogen (secondary N) is 2. The number of benzene rings is 2. The summed E-state index contributed by atoms with van der Waals surface area (Å²) < 4.78 is 16.6. The average molecular weight is 438 g/mol. The Balaban J connectivity index is 1.42. The van der Waals surface area contributed by atoms with Gasteiger partial charge in [0.15, 0.2) is 23.3 Å². The van der Waals surface area contributed by atoms with Crippen LogP contribution >= 0.6 is 0 Å². The molecule has 0 aliphatic heterocycles. The minimum absolute atomic E-state index is 0.0599. The second kappa shape index (κ2) is 11.7. The average Bonchev–Trinajstić information content (AvgIpc) is 3.31. The molecule has 1 atom stereocenters. The first-order valence-corrected chi connectivity index (χ1v) is 10.8. The number of nitrogens with zero attached hydrogens (tertiary/aromatic N) is 3. The van der Waals surface area contributed by atoms with Crippen LogP contribution in [0.1, 0.15) is 25.2 Å². The van der Waals surface area contributed by atoms with Crippen LogP contribution in [0.15, 0.2) is 58.0 Å². The first-order chi connectivity index (χ1) is 15.6. The molecule has 170 valence electrons. The standard InChI is InChI=1S/C24H31N5O3/c1-5-22-28-23(32-29-22)19-12-10-18(11-13-19)14-15-26-24(25-3)27-16-17(2)31-21-9-7-6-8-20(21)30-4/h6-13,17H,5,14-16H2,1-4H3,(H2,25,26,27). The molecule has 0 aliphatic rings. The van der Waals surface area contributed by atoms with E-state index in [2.05, 4.69) is 37.9 Å². The molecule has 0 amide bonds. The van der Waals surface area contributed by atoms with E-state index in [4.69, 9.17) is 14.0 Å². The molecule has 1 heterocycles. The zero-order valence-electron chi connectivity index (χ0n) is 19.1. The Morgan fingerprint density at radius 2 is 1.84 bits per heavy atom. The van der Waals surface area contributed by atoms with Gasteiger partial charge in [0.1, 0.15) is 6.10 Å². The normalized spacial score (nSPS) is 12.3. The summed E-state index contributed by atoms with van der Waals surface area (Å²) in [5, 5.41) is 10.6. The highest BCUT2D eigenvalue weighted by Crippen LogP contribution is 2.26. The highest BCUT2D eigenvalue weighted by molar-refractivity contribution is 5.79. The molecule has 0 fully saturated rings. The smallest absolute Gasteiger partial charge is 0.257 e. The number of aryl methyl sites for hydroxylation is 1.